The van der Waals surface area contributed by atoms with Crippen molar-refractivity contribution in [1.29, 1.82) is 0 Å². The smallest absolute Gasteiger partial charge is 0.253 e. The summed E-state index contributed by atoms with van der Waals surface area (Å²) >= 11 is 6.20. The lowest BCUT2D eigenvalue weighted by Crippen LogP contribution is -2.26. The first-order valence-corrected chi connectivity index (χ1v) is 9.85. The number of nitrogens with zero attached hydrogens (tertiary/aromatic N) is 3. The summed E-state index contributed by atoms with van der Waals surface area (Å²) in [7, 11) is 3.70. The van der Waals surface area contributed by atoms with E-state index in [1.165, 1.54) is 0 Å². The van der Waals surface area contributed by atoms with E-state index in [4.69, 9.17) is 16.3 Å². The predicted octanol–water partition coefficient (Wildman–Crippen LogP) is 4.85. The van der Waals surface area contributed by atoms with Gasteiger partial charge >= 0.3 is 0 Å². The SMILES string of the molecule is Cc1cc(OCc2ccc(C(=O)N(C)Cc3cnn(C)c3C)cc2)cc(C)c1Cl. The summed E-state index contributed by atoms with van der Waals surface area (Å²) in [6, 6.07) is 11.4. The van der Waals surface area contributed by atoms with E-state index in [1.54, 1.807) is 18.1 Å². The summed E-state index contributed by atoms with van der Waals surface area (Å²) < 4.78 is 7.70. The van der Waals surface area contributed by atoms with Gasteiger partial charge in [-0.3, -0.25) is 9.48 Å². The number of aryl methyl sites for hydroxylation is 3. The van der Waals surface area contributed by atoms with Crippen LogP contribution in [0.2, 0.25) is 5.02 Å². The Morgan fingerprint density at radius 2 is 1.76 bits per heavy atom. The van der Waals surface area contributed by atoms with Crippen LogP contribution in [0.25, 0.3) is 0 Å². The van der Waals surface area contributed by atoms with Gasteiger partial charge in [-0.15, -0.1) is 0 Å². The van der Waals surface area contributed by atoms with Crippen molar-refractivity contribution in [1.82, 2.24) is 14.7 Å². The van der Waals surface area contributed by atoms with Crippen LogP contribution in [0.3, 0.4) is 0 Å². The van der Waals surface area contributed by atoms with Gasteiger partial charge in [0.25, 0.3) is 5.91 Å². The molecule has 0 radical (unpaired) electrons. The van der Waals surface area contributed by atoms with Crippen LogP contribution in [0.5, 0.6) is 5.75 Å². The summed E-state index contributed by atoms with van der Waals surface area (Å²) in [6.45, 7) is 6.88. The van der Waals surface area contributed by atoms with E-state index in [0.717, 1.165) is 38.7 Å². The van der Waals surface area contributed by atoms with Crippen molar-refractivity contribution in [3.63, 3.8) is 0 Å². The Kier molecular flexibility index (Phi) is 6.28. The number of aromatic nitrogens is 2. The Morgan fingerprint density at radius 3 is 2.31 bits per heavy atom. The molecule has 0 aliphatic rings. The molecule has 1 heterocycles. The van der Waals surface area contributed by atoms with Gasteiger partial charge in [0.05, 0.1) is 6.20 Å². The molecule has 2 aromatic carbocycles. The molecule has 5 nitrogen and oxygen atoms in total. The minimum atomic E-state index is -0.0235. The summed E-state index contributed by atoms with van der Waals surface area (Å²) in [4.78, 5) is 14.4. The number of rotatable bonds is 6. The largest absolute Gasteiger partial charge is 0.489 e. The average Bonchev–Trinajstić information content (AvgIpc) is 3.02. The first kappa shape index (κ1) is 20.9. The number of hydrogen-bond acceptors (Lipinski definition) is 3. The van der Waals surface area contributed by atoms with Gasteiger partial charge in [-0.2, -0.15) is 5.10 Å². The summed E-state index contributed by atoms with van der Waals surface area (Å²) in [5.74, 6) is 0.765. The molecule has 0 saturated carbocycles. The molecule has 3 aromatic rings. The predicted molar refractivity (Wildman–Crippen MR) is 115 cm³/mol. The molecule has 1 aromatic heterocycles. The quantitative estimate of drug-likeness (QED) is 0.582. The third-order valence-corrected chi connectivity index (χ3v) is 5.70. The fourth-order valence-corrected chi connectivity index (χ4v) is 3.26. The molecule has 29 heavy (non-hydrogen) atoms. The lowest BCUT2D eigenvalue weighted by atomic mass is 10.1. The fraction of sp³-hybridized carbons (Fsp3) is 0.304. The standard InChI is InChI=1S/C23H26ClN3O2/c1-15-10-21(11-16(2)22(15)24)29-14-18-6-8-19(9-7-18)23(28)26(4)13-20-12-25-27(5)17(20)3/h6-12H,13-14H2,1-5H3. The number of benzene rings is 2. The third kappa shape index (κ3) is 4.80. The zero-order chi connectivity index (χ0) is 21.1. The number of carbonyl (C=O) groups is 1. The van der Waals surface area contributed by atoms with E-state index in [-0.39, 0.29) is 5.91 Å². The van der Waals surface area contributed by atoms with Crippen LogP contribution in [0.1, 0.15) is 38.3 Å². The fourth-order valence-electron chi connectivity index (χ4n) is 3.15. The maximum absolute atomic E-state index is 12.7. The highest BCUT2D eigenvalue weighted by Crippen LogP contribution is 2.26. The van der Waals surface area contributed by atoms with Crippen LogP contribution in [0, 0.1) is 20.8 Å². The zero-order valence-corrected chi connectivity index (χ0v) is 18.2. The van der Waals surface area contributed by atoms with Crippen molar-refractivity contribution in [2.45, 2.75) is 33.9 Å². The normalized spacial score (nSPS) is 10.8. The zero-order valence-electron chi connectivity index (χ0n) is 17.5. The van der Waals surface area contributed by atoms with Crippen LogP contribution in [-0.4, -0.2) is 27.6 Å². The first-order valence-electron chi connectivity index (χ1n) is 9.47. The molecular formula is C23H26ClN3O2. The van der Waals surface area contributed by atoms with E-state index in [2.05, 4.69) is 5.10 Å². The Labute approximate surface area is 176 Å². The molecule has 0 bridgehead atoms. The number of amides is 1. The lowest BCUT2D eigenvalue weighted by Gasteiger charge is -2.17. The minimum absolute atomic E-state index is 0.0235. The van der Waals surface area contributed by atoms with Gasteiger partial charge < -0.3 is 9.64 Å². The van der Waals surface area contributed by atoms with Gasteiger partial charge in [-0.25, -0.2) is 0 Å². The van der Waals surface area contributed by atoms with Crippen molar-refractivity contribution in [3.05, 3.63) is 81.1 Å². The number of carbonyl (C=O) groups excluding carboxylic acids is 1. The molecule has 152 valence electrons. The maximum Gasteiger partial charge on any atom is 0.253 e. The van der Waals surface area contributed by atoms with E-state index in [0.29, 0.717) is 18.7 Å². The lowest BCUT2D eigenvalue weighted by molar-refractivity contribution is 0.0785. The molecule has 3 rings (SSSR count). The van der Waals surface area contributed by atoms with Crippen molar-refractivity contribution in [2.24, 2.45) is 7.05 Å². The summed E-state index contributed by atoms with van der Waals surface area (Å²) in [6.07, 6.45) is 1.81. The molecule has 0 saturated heterocycles. The highest BCUT2D eigenvalue weighted by molar-refractivity contribution is 6.32. The molecule has 0 N–H and O–H groups in total. The number of halogens is 1. The molecule has 0 spiro atoms. The first-order chi connectivity index (χ1) is 13.8. The molecule has 1 amide bonds. The van der Waals surface area contributed by atoms with Crippen LogP contribution in [0.4, 0.5) is 0 Å². The molecular weight excluding hydrogens is 386 g/mol. The van der Waals surface area contributed by atoms with Gasteiger partial charge in [0.15, 0.2) is 0 Å². The Balaban J connectivity index is 1.62. The van der Waals surface area contributed by atoms with Gasteiger partial charge in [0, 0.05) is 42.5 Å². The number of hydrogen-bond donors (Lipinski definition) is 0. The Hall–Kier alpha value is -2.79. The average molecular weight is 412 g/mol. The van der Waals surface area contributed by atoms with Gasteiger partial charge in [0.2, 0.25) is 0 Å². The van der Waals surface area contributed by atoms with E-state index < -0.39 is 0 Å². The van der Waals surface area contributed by atoms with E-state index in [1.807, 2.05) is 68.9 Å². The summed E-state index contributed by atoms with van der Waals surface area (Å²) in [5.41, 5.74) is 5.74. The van der Waals surface area contributed by atoms with Crippen LogP contribution in [0.15, 0.2) is 42.6 Å². The van der Waals surface area contributed by atoms with Crippen molar-refractivity contribution in [2.75, 3.05) is 7.05 Å². The molecule has 6 heteroatoms. The van der Waals surface area contributed by atoms with Crippen molar-refractivity contribution in [3.8, 4) is 5.75 Å². The summed E-state index contributed by atoms with van der Waals surface area (Å²) in [5, 5.41) is 5.00. The molecule has 0 unspecified atom stereocenters. The second kappa shape index (κ2) is 8.70. The molecule has 0 atom stereocenters. The second-order valence-electron chi connectivity index (χ2n) is 7.40. The second-order valence-corrected chi connectivity index (χ2v) is 7.77. The highest BCUT2D eigenvalue weighted by atomic mass is 35.5. The van der Waals surface area contributed by atoms with Crippen molar-refractivity contribution >= 4 is 17.5 Å². The highest BCUT2D eigenvalue weighted by Gasteiger charge is 2.14. The molecule has 0 aliphatic heterocycles. The molecule has 0 fully saturated rings. The Bertz CT molecular complexity index is 1000. The van der Waals surface area contributed by atoms with E-state index >= 15 is 0 Å². The molecule has 0 aliphatic carbocycles. The van der Waals surface area contributed by atoms with Crippen LogP contribution >= 0.6 is 11.6 Å². The minimum Gasteiger partial charge on any atom is -0.489 e. The van der Waals surface area contributed by atoms with Crippen LogP contribution < -0.4 is 4.74 Å². The number of ether oxygens (including phenoxy) is 1. The topological polar surface area (TPSA) is 47.4 Å². The maximum atomic E-state index is 12.7. The van der Waals surface area contributed by atoms with Gasteiger partial charge in [-0.05, 0) is 61.7 Å². The monoisotopic (exact) mass is 411 g/mol. The van der Waals surface area contributed by atoms with Gasteiger partial charge in [0.1, 0.15) is 12.4 Å². The van der Waals surface area contributed by atoms with Crippen LogP contribution in [-0.2, 0) is 20.2 Å². The van der Waals surface area contributed by atoms with E-state index in [9.17, 15) is 4.79 Å². The van der Waals surface area contributed by atoms with Gasteiger partial charge in [-0.1, -0.05) is 23.7 Å². The Morgan fingerprint density at radius 1 is 1.14 bits per heavy atom. The van der Waals surface area contributed by atoms with Crippen molar-refractivity contribution < 1.29 is 9.53 Å². The third-order valence-electron chi connectivity index (χ3n) is 5.11.